The van der Waals surface area contributed by atoms with Gasteiger partial charge in [0, 0.05) is 18.7 Å². The van der Waals surface area contributed by atoms with Crippen molar-refractivity contribution >= 4 is 5.91 Å². The zero-order chi connectivity index (χ0) is 17.5. The van der Waals surface area contributed by atoms with Gasteiger partial charge in [0.15, 0.2) is 11.5 Å². The molecule has 0 atom stereocenters. The average Bonchev–Trinajstić information content (AvgIpc) is 2.59. The largest absolute Gasteiger partial charge is 0.493 e. The van der Waals surface area contributed by atoms with E-state index in [4.69, 9.17) is 4.74 Å². The van der Waals surface area contributed by atoms with E-state index in [1.165, 1.54) is 19.2 Å². The van der Waals surface area contributed by atoms with Gasteiger partial charge in [0.25, 0.3) is 5.91 Å². The standard InChI is InChI=1S/C17H24F2N2O3/c1-3-20-11-12-6-8-21(9-7-12)16(22)13-4-5-14(23-2)15(10-13)24-17(18)19/h4-5,10,12,17,20H,3,6-9,11H2,1-2H3. The highest BCUT2D eigenvalue weighted by Gasteiger charge is 2.24. The molecule has 1 aliphatic rings. The van der Waals surface area contributed by atoms with Gasteiger partial charge >= 0.3 is 6.61 Å². The predicted molar refractivity (Wildman–Crippen MR) is 86.8 cm³/mol. The molecule has 1 saturated heterocycles. The van der Waals surface area contributed by atoms with E-state index in [1.807, 2.05) is 0 Å². The summed E-state index contributed by atoms with van der Waals surface area (Å²) < 4.78 is 34.4. The van der Waals surface area contributed by atoms with Gasteiger partial charge in [-0.2, -0.15) is 8.78 Å². The first-order valence-electron chi connectivity index (χ1n) is 8.18. The van der Waals surface area contributed by atoms with Crippen molar-refractivity contribution in [3.8, 4) is 11.5 Å². The second-order valence-electron chi connectivity index (χ2n) is 5.79. The number of benzene rings is 1. The SMILES string of the molecule is CCNCC1CCN(C(=O)c2ccc(OC)c(OC(F)F)c2)CC1. The molecule has 0 spiro atoms. The highest BCUT2D eigenvalue weighted by molar-refractivity contribution is 5.95. The van der Waals surface area contributed by atoms with Crippen LogP contribution in [0.3, 0.4) is 0 Å². The summed E-state index contributed by atoms with van der Waals surface area (Å²) in [6.45, 7) is 2.36. The number of alkyl halides is 2. The Labute approximate surface area is 140 Å². The van der Waals surface area contributed by atoms with Crippen molar-refractivity contribution in [1.82, 2.24) is 10.2 Å². The van der Waals surface area contributed by atoms with Crippen LogP contribution in [0, 0.1) is 5.92 Å². The number of ether oxygens (including phenoxy) is 2. The molecule has 1 N–H and O–H groups in total. The fourth-order valence-corrected chi connectivity index (χ4v) is 2.87. The number of amides is 1. The molecule has 7 heteroatoms. The van der Waals surface area contributed by atoms with E-state index < -0.39 is 6.61 Å². The van der Waals surface area contributed by atoms with Crippen molar-refractivity contribution in [3.05, 3.63) is 23.8 Å². The Kier molecular flexibility index (Phi) is 6.78. The van der Waals surface area contributed by atoms with Crippen LogP contribution in [-0.4, -0.2) is 50.7 Å². The first-order valence-corrected chi connectivity index (χ1v) is 8.18. The lowest BCUT2D eigenvalue weighted by molar-refractivity contribution is -0.0512. The average molecular weight is 342 g/mol. The van der Waals surface area contributed by atoms with Crippen LogP contribution in [0.15, 0.2) is 18.2 Å². The molecule has 24 heavy (non-hydrogen) atoms. The predicted octanol–water partition coefficient (Wildman–Crippen LogP) is 2.76. The monoisotopic (exact) mass is 342 g/mol. The molecule has 0 saturated carbocycles. The molecule has 134 valence electrons. The lowest BCUT2D eigenvalue weighted by Gasteiger charge is -2.32. The van der Waals surface area contributed by atoms with Crippen molar-refractivity contribution in [2.45, 2.75) is 26.4 Å². The molecule has 1 heterocycles. The Balaban J connectivity index is 2.02. The number of hydrogen-bond acceptors (Lipinski definition) is 4. The van der Waals surface area contributed by atoms with E-state index in [1.54, 1.807) is 11.0 Å². The molecule has 1 amide bonds. The molecule has 2 rings (SSSR count). The number of hydrogen-bond donors (Lipinski definition) is 1. The molecule has 0 bridgehead atoms. The van der Waals surface area contributed by atoms with Gasteiger partial charge in [-0.1, -0.05) is 6.92 Å². The summed E-state index contributed by atoms with van der Waals surface area (Å²) in [7, 11) is 1.37. The van der Waals surface area contributed by atoms with Gasteiger partial charge in [-0.3, -0.25) is 4.79 Å². The Hall–Kier alpha value is -1.89. The zero-order valence-electron chi connectivity index (χ0n) is 14.1. The molecule has 0 aliphatic carbocycles. The second kappa shape index (κ2) is 8.82. The van der Waals surface area contributed by atoms with Crippen LogP contribution in [0.25, 0.3) is 0 Å². The molecule has 1 aromatic rings. The highest BCUT2D eigenvalue weighted by Crippen LogP contribution is 2.30. The fourth-order valence-electron chi connectivity index (χ4n) is 2.87. The van der Waals surface area contributed by atoms with Crippen LogP contribution >= 0.6 is 0 Å². The van der Waals surface area contributed by atoms with Crippen LogP contribution in [0.2, 0.25) is 0 Å². The topological polar surface area (TPSA) is 50.8 Å². The summed E-state index contributed by atoms with van der Waals surface area (Å²) in [6.07, 6.45) is 1.88. The highest BCUT2D eigenvalue weighted by atomic mass is 19.3. The number of rotatable bonds is 7. The minimum atomic E-state index is -2.97. The lowest BCUT2D eigenvalue weighted by atomic mass is 9.96. The number of methoxy groups -OCH3 is 1. The van der Waals surface area contributed by atoms with Crippen LogP contribution in [0.5, 0.6) is 11.5 Å². The maximum absolute atomic E-state index is 12.6. The Morgan fingerprint density at radius 3 is 2.62 bits per heavy atom. The third-order valence-electron chi connectivity index (χ3n) is 4.21. The number of piperidine rings is 1. The minimum absolute atomic E-state index is 0.125. The quantitative estimate of drug-likeness (QED) is 0.828. The third kappa shape index (κ3) is 4.80. The van der Waals surface area contributed by atoms with Gasteiger partial charge in [-0.05, 0) is 50.0 Å². The summed E-state index contributed by atoms with van der Waals surface area (Å²) in [5.74, 6) is 0.456. The first-order chi connectivity index (χ1) is 11.5. The van der Waals surface area contributed by atoms with E-state index >= 15 is 0 Å². The third-order valence-corrected chi connectivity index (χ3v) is 4.21. The summed E-state index contributed by atoms with van der Waals surface area (Å²) in [5, 5.41) is 3.33. The molecule has 1 aromatic carbocycles. The smallest absolute Gasteiger partial charge is 0.387 e. The van der Waals surface area contributed by atoms with Crippen LogP contribution in [0.1, 0.15) is 30.1 Å². The van der Waals surface area contributed by atoms with E-state index in [-0.39, 0.29) is 17.4 Å². The Bertz CT molecular complexity index is 547. The number of nitrogens with one attached hydrogen (secondary N) is 1. The van der Waals surface area contributed by atoms with Crippen molar-refractivity contribution in [2.24, 2.45) is 5.92 Å². The molecule has 0 aromatic heterocycles. The maximum atomic E-state index is 12.6. The molecular formula is C17H24F2N2O3. The Morgan fingerprint density at radius 2 is 2.04 bits per heavy atom. The molecule has 0 unspecified atom stereocenters. The van der Waals surface area contributed by atoms with Crippen LogP contribution in [-0.2, 0) is 0 Å². The number of carbonyl (C=O) groups excluding carboxylic acids is 1. The van der Waals surface area contributed by atoms with Gasteiger partial charge in [-0.25, -0.2) is 0 Å². The first kappa shape index (κ1) is 18.4. The van der Waals surface area contributed by atoms with Crippen molar-refractivity contribution in [2.75, 3.05) is 33.3 Å². The van der Waals surface area contributed by atoms with E-state index in [0.717, 1.165) is 25.9 Å². The van der Waals surface area contributed by atoms with Crippen LogP contribution < -0.4 is 14.8 Å². The summed E-state index contributed by atoms with van der Waals surface area (Å²) in [4.78, 5) is 14.3. The number of likely N-dealkylation sites (tertiary alicyclic amines) is 1. The van der Waals surface area contributed by atoms with Gasteiger partial charge in [0.1, 0.15) is 0 Å². The normalized spacial score (nSPS) is 15.6. The van der Waals surface area contributed by atoms with Crippen molar-refractivity contribution in [3.63, 3.8) is 0 Å². The fraction of sp³-hybridized carbons (Fsp3) is 0.588. The van der Waals surface area contributed by atoms with Gasteiger partial charge in [0.05, 0.1) is 7.11 Å². The second-order valence-corrected chi connectivity index (χ2v) is 5.79. The summed E-state index contributed by atoms with van der Waals surface area (Å²) >= 11 is 0. The molecule has 5 nitrogen and oxygen atoms in total. The van der Waals surface area contributed by atoms with Crippen LogP contribution in [0.4, 0.5) is 8.78 Å². The van der Waals surface area contributed by atoms with Gasteiger partial charge < -0.3 is 19.7 Å². The summed E-state index contributed by atoms with van der Waals surface area (Å²) in [5.41, 5.74) is 0.330. The van der Waals surface area contributed by atoms with E-state index in [9.17, 15) is 13.6 Å². The van der Waals surface area contributed by atoms with Gasteiger partial charge in [0.2, 0.25) is 0 Å². The van der Waals surface area contributed by atoms with Crippen molar-refractivity contribution < 1.29 is 23.0 Å². The number of halogens is 2. The number of nitrogens with zero attached hydrogens (tertiary/aromatic N) is 1. The number of carbonyl (C=O) groups is 1. The Morgan fingerprint density at radius 1 is 1.33 bits per heavy atom. The maximum Gasteiger partial charge on any atom is 0.387 e. The van der Waals surface area contributed by atoms with E-state index in [2.05, 4.69) is 17.0 Å². The molecule has 1 fully saturated rings. The van der Waals surface area contributed by atoms with Gasteiger partial charge in [-0.15, -0.1) is 0 Å². The lowest BCUT2D eigenvalue weighted by Crippen LogP contribution is -2.40. The zero-order valence-corrected chi connectivity index (χ0v) is 14.1. The molecule has 0 radical (unpaired) electrons. The van der Waals surface area contributed by atoms with Crippen molar-refractivity contribution in [1.29, 1.82) is 0 Å². The molecule has 1 aliphatic heterocycles. The van der Waals surface area contributed by atoms with E-state index in [0.29, 0.717) is 24.6 Å². The molecular weight excluding hydrogens is 318 g/mol. The minimum Gasteiger partial charge on any atom is -0.493 e. The summed E-state index contributed by atoms with van der Waals surface area (Å²) in [6, 6.07) is 4.37.